The molecule has 74 valence electrons. The molecule has 0 saturated carbocycles. The van der Waals surface area contributed by atoms with E-state index in [-0.39, 0.29) is 0 Å². The van der Waals surface area contributed by atoms with E-state index < -0.39 is 0 Å². The summed E-state index contributed by atoms with van der Waals surface area (Å²) in [4.78, 5) is 5.28. The monoisotopic (exact) mass is 182 g/mol. The summed E-state index contributed by atoms with van der Waals surface area (Å²) in [5.74, 6) is 0. The Balaban J connectivity index is 1.62. The summed E-state index contributed by atoms with van der Waals surface area (Å²) in [6.07, 6.45) is 1.38. The molecule has 3 heterocycles. The molecule has 3 aliphatic rings. The van der Waals surface area contributed by atoms with E-state index >= 15 is 0 Å². The van der Waals surface area contributed by atoms with Gasteiger partial charge in [0.05, 0.1) is 19.3 Å². The quantitative estimate of drug-likeness (QED) is 0.605. The zero-order chi connectivity index (χ0) is 8.84. The predicted molar refractivity (Wildman–Crippen MR) is 50.8 cm³/mol. The number of rotatable bonds is 2. The number of nitrogens with zero attached hydrogens (tertiary/aromatic N) is 2. The maximum Gasteiger partial charge on any atom is 0.0645 e. The van der Waals surface area contributed by atoms with Crippen LogP contribution in [0.5, 0.6) is 0 Å². The largest absolute Gasteiger partial charge is 0.378 e. The van der Waals surface area contributed by atoms with Gasteiger partial charge in [-0.05, 0) is 13.0 Å². The van der Waals surface area contributed by atoms with Crippen LogP contribution >= 0.6 is 0 Å². The summed E-state index contributed by atoms with van der Waals surface area (Å²) in [6, 6.07) is 2.51. The lowest BCUT2D eigenvalue weighted by molar-refractivity contribution is -0.0934. The fraction of sp³-hybridized carbons (Fsp3) is 1.00. The van der Waals surface area contributed by atoms with Gasteiger partial charge in [-0.15, -0.1) is 0 Å². The van der Waals surface area contributed by atoms with Crippen LogP contribution in [0.3, 0.4) is 0 Å². The van der Waals surface area contributed by atoms with E-state index in [2.05, 4.69) is 16.7 Å². The van der Waals surface area contributed by atoms with E-state index in [0.717, 1.165) is 31.3 Å². The maximum atomic E-state index is 5.25. The van der Waals surface area contributed by atoms with Gasteiger partial charge in [0.2, 0.25) is 0 Å². The molecule has 2 atom stereocenters. The van der Waals surface area contributed by atoms with Gasteiger partial charge in [-0.25, -0.2) is 0 Å². The third-order valence-corrected chi connectivity index (χ3v) is 3.94. The predicted octanol–water partition coefficient (Wildman–Crippen LogP) is 0.164. The Bertz CT molecular complexity index is 205. The maximum absolute atomic E-state index is 5.25. The zero-order valence-electron chi connectivity index (χ0n) is 8.28. The molecule has 0 amide bonds. The first-order valence-corrected chi connectivity index (χ1v) is 5.47. The van der Waals surface area contributed by atoms with Gasteiger partial charge in [-0.3, -0.25) is 9.80 Å². The zero-order valence-corrected chi connectivity index (χ0v) is 8.28. The SMILES string of the molecule is CCN1CC2C1CCN2C1COC1. The Labute approximate surface area is 79.6 Å². The van der Waals surface area contributed by atoms with Gasteiger partial charge in [0, 0.05) is 25.2 Å². The Morgan fingerprint density at radius 2 is 2.15 bits per heavy atom. The van der Waals surface area contributed by atoms with E-state index in [1.165, 1.54) is 26.1 Å². The van der Waals surface area contributed by atoms with Gasteiger partial charge in [0.1, 0.15) is 0 Å². The molecule has 0 spiro atoms. The summed E-state index contributed by atoms with van der Waals surface area (Å²) < 4.78 is 5.25. The Kier molecular flexibility index (Phi) is 1.86. The molecule has 0 aromatic heterocycles. The molecule has 13 heavy (non-hydrogen) atoms. The van der Waals surface area contributed by atoms with Crippen molar-refractivity contribution in [3.05, 3.63) is 0 Å². The normalized spacial score (nSPS) is 41.3. The van der Waals surface area contributed by atoms with Crippen LogP contribution in [0.4, 0.5) is 0 Å². The van der Waals surface area contributed by atoms with Gasteiger partial charge >= 0.3 is 0 Å². The lowest BCUT2D eigenvalue weighted by Crippen LogP contribution is -2.65. The minimum Gasteiger partial charge on any atom is -0.378 e. The fourth-order valence-corrected chi connectivity index (χ4v) is 2.98. The minimum absolute atomic E-state index is 0.758. The van der Waals surface area contributed by atoms with Crippen molar-refractivity contribution in [3.63, 3.8) is 0 Å². The Morgan fingerprint density at radius 3 is 2.77 bits per heavy atom. The van der Waals surface area contributed by atoms with Crippen LogP contribution in [0.15, 0.2) is 0 Å². The number of fused-ring (bicyclic) bond motifs is 1. The number of likely N-dealkylation sites (N-methyl/N-ethyl adjacent to an activating group) is 1. The second kappa shape index (κ2) is 2.94. The van der Waals surface area contributed by atoms with E-state index in [1.54, 1.807) is 0 Å². The molecular weight excluding hydrogens is 164 g/mol. The van der Waals surface area contributed by atoms with Crippen LogP contribution in [0.2, 0.25) is 0 Å². The summed E-state index contributed by atoms with van der Waals surface area (Å²) >= 11 is 0. The molecule has 0 aromatic carbocycles. The number of ether oxygens (including phenoxy) is 1. The highest BCUT2D eigenvalue weighted by atomic mass is 16.5. The van der Waals surface area contributed by atoms with Crippen molar-refractivity contribution in [2.75, 3.05) is 32.8 Å². The summed E-state index contributed by atoms with van der Waals surface area (Å²) in [7, 11) is 0. The molecule has 0 aromatic rings. The van der Waals surface area contributed by atoms with Gasteiger partial charge in [0.25, 0.3) is 0 Å². The molecule has 3 aliphatic heterocycles. The van der Waals surface area contributed by atoms with Crippen LogP contribution in [-0.4, -0.2) is 60.8 Å². The van der Waals surface area contributed by atoms with Gasteiger partial charge in [-0.1, -0.05) is 6.92 Å². The van der Waals surface area contributed by atoms with Crippen LogP contribution in [-0.2, 0) is 4.74 Å². The van der Waals surface area contributed by atoms with E-state index in [1.807, 2.05) is 0 Å². The average Bonchev–Trinajstić information content (AvgIpc) is 2.26. The van der Waals surface area contributed by atoms with E-state index in [0.29, 0.717) is 0 Å². The van der Waals surface area contributed by atoms with E-state index in [4.69, 9.17) is 4.74 Å². The molecule has 3 rings (SSSR count). The summed E-state index contributed by atoms with van der Waals surface area (Å²) in [6.45, 7) is 8.07. The molecule has 2 unspecified atom stereocenters. The molecule has 0 radical (unpaired) electrons. The molecule has 0 bridgehead atoms. The second-order valence-corrected chi connectivity index (χ2v) is 4.44. The highest BCUT2D eigenvalue weighted by Crippen LogP contribution is 2.34. The van der Waals surface area contributed by atoms with Crippen molar-refractivity contribution >= 4 is 0 Å². The first kappa shape index (κ1) is 8.21. The summed E-state index contributed by atoms with van der Waals surface area (Å²) in [5.41, 5.74) is 0. The lowest BCUT2D eigenvalue weighted by atomic mass is 9.96. The topological polar surface area (TPSA) is 15.7 Å². The summed E-state index contributed by atoms with van der Waals surface area (Å²) in [5, 5.41) is 0. The van der Waals surface area contributed by atoms with Gasteiger partial charge in [0.15, 0.2) is 0 Å². The van der Waals surface area contributed by atoms with Crippen LogP contribution in [0.1, 0.15) is 13.3 Å². The van der Waals surface area contributed by atoms with Crippen LogP contribution in [0.25, 0.3) is 0 Å². The molecule has 0 aliphatic carbocycles. The lowest BCUT2D eigenvalue weighted by Gasteiger charge is -2.49. The Hall–Kier alpha value is -0.120. The number of hydrogen-bond acceptors (Lipinski definition) is 3. The van der Waals surface area contributed by atoms with Crippen molar-refractivity contribution in [1.29, 1.82) is 0 Å². The van der Waals surface area contributed by atoms with Crippen molar-refractivity contribution in [2.45, 2.75) is 31.5 Å². The van der Waals surface area contributed by atoms with Gasteiger partial charge < -0.3 is 4.74 Å². The fourth-order valence-electron chi connectivity index (χ4n) is 2.98. The van der Waals surface area contributed by atoms with Gasteiger partial charge in [-0.2, -0.15) is 0 Å². The van der Waals surface area contributed by atoms with Crippen LogP contribution < -0.4 is 0 Å². The first-order valence-electron chi connectivity index (χ1n) is 5.47. The van der Waals surface area contributed by atoms with E-state index in [9.17, 15) is 0 Å². The standard InChI is InChI=1S/C10H18N2O/c1-2-11-5-10-9(11)3-4-12(10)8-6-13-7-8/h8-10H,2-7H2,1H3. The molecule has 3 saturated heterocycles. The highest BCUT2D eigenvalue weighted by molar-refractivity contribution is 5.05. The van der Waals surface area contributed by atoms with Crippen molar-refractivity contribution in [1.82, 2.24) is 9.80 Å². The Morgan fingerprint density at radius 1 is 1.31 bits per heavy atom. The number of likely N-dealkylation sites (tertiary alicyclic amines) is 2. The smallest absolute Gasteiger partial charge is 0.0645 e. The van der Waals surface area contributed by atoms with Crippen LogP contribution in [0, 0.1) is 0 Å². The highest BCUT2D eigenvalue weighted by Gasteiger charge is 2.48. The molecule has 0 N–H and O–H groups in total. The second-order valence-electron chi connectivity index (χ2n) is 4.44. The molecule has 3 fully saturated rings. The van der Waals surface area contributed by atoms with Crippen molar-refractivity contribution in [3.8, 4) is 0 Å². The number of hydrogen-bond donors (Lipinski definition) is 0. The molecule has 3 nitrogen and oxygen atoms in total. The third-order valence-electron chi connectivity index (χ3n) is 3.94. The van der Waals surface area contributed by atoms with Crippen molar-refractivity contribution < 1.29 is 4.74 Å². The van der Waals surface area contributed by atoms with Crippen molar-refractivity contribution in [2.24, 2.45) is 0 Å². The molecule has 3 heteroatoms. The first-order chi connectivity index (χ1) is 6.40. The third kappa shape index (κ3) is 1.07. The molecular formula is C10H18N2O. The minimum atomic E-state index is 0.758. The average molecular weight is 182 g/mol.